The Balaban J connectivity index is 1.24. The number of aromatic nitrogens is 5. The van der Waals surface area contributed by atoms with Gasteiger partial charge in [-0.05, 0) is 49.6 Å². The number of anilines is 1. The Morgan fingerprint density at radius 3 is 2.58 bits per heavy atom. The maximum absolute atomic E-state index is 14.5. The summed E-state index contributed by atoms with van der Waals surface area (Å²) in [5, 5.41) is 7.77. The number of benzene rings is 1. The Morgan fingerprint density at radius 2 is 1.85 bits per heavy atom. The summed E-state index contributed by atoms with van der Waals surface area (Å²) in [6.07, 6.45) is 4.14. The summed E-state index contributed by atoms with van der Waals surface area (Å²) in [5.41, 5.74) is 3.30. The lowest BCUT2D eigenvalue weighted by Gasteiger charge is -2.23. The smallest absolute Gasteiger partial charge is 0.248 e. The number of fused-ring (bicyclic) bond motifs is 1. The molecule has 11 heteroatoms. The number of pyridine rings is 1. The van der Waals surface area contributed by atoms with Crippen LogP contribution in [-0.4, -0.2) is 66.0 Å². The number of ketones is 1. The quantitative estimate of drug-likeness (QED) is 0.353. The molecule has 4 heterocycles. The number of carbonyl (C=O) groups is 3. The van der Waals surface area contributed by atoms with Crippen molar-refractivity contribution in [3.63, 3.8) is 0 Å². The molecule has 2 fully saturated rings. The van der Waals surface area contributed by atoms with Crippen molar-refractivity contribution in [3.8, 4) is 11.1 Å². The number of rotatable bonds is 7. The molecule has 1 saturated carbocycles. The van der Waals surface area contributed by atoms with Crippen molar-refractivity contribution in [2.75, 3.05) is 11.9 Å². The van der Waals surface area contributed by atoms with Crippen LogP contribution in [0.5, 0.6) is 0 Å². The predicted octanol–water partition coefficient (Wildman–Crippen LogP) is 3.85. The Labute approximate surface area is 229 Å². The first-order valence-corrected chi connectivity index (χ1v) is 13.3. The van der Waals surface area contributed by atoms with Crippen LogP contribution in [0.15, 0.2) is 48.8 Å². The summed E-state index contributed by atoms with van der Waals surface area (Å²) >= 11 is 0. The molecule has 40 heavy (non-hydrogen) atoms. The van der Waals surface area contributed by atoms with E-state index in [4.69, 9.17) is 0 Å². The van der Waals surface area contributed by atoms with Crippen molar-refractivity contribution < 1.29 is 18.8 Å². The predicted molar refractivity (Wildman–Crippen MR) is 145 cm³/mol. The monoisotopic (exact) mass is 541 g/mol. The lowest BCUT2D eigenvalue weighted by molar-refractivity contribution is -0.137. The molecule has 0 unspecified atom stereocenters. The van der Waals surface area contributed by atoms with Crippen molar-refractivity contribution in [1.82, 2.24) is 29.6 Å². The first-order valence-electron chi connectivity index (χ1n) is 13.3. The number of likely N-dealkylation sites (tertiary alicyclic amines) is 1. The maximum atomic E-state index is 14.5. The van der Waals surface area contributed by atoms with Crippen LogP contribution < -0.4 is 5.32 Å². The molecule has 1 aliphatic carbocycles. The van der Waals surface area contributed by atoms with Gasteiger partial charge in [0.15, 0.2) is 5.78 Å². The van der Waals surface area contributed by atoms with Crippen molar-refractivity contribution >= 4 is 34.3 Å². The van der Waals surface area contributed by atoms with E-state index in [1.165, 1.54) is 16.5 Å². The van der Waals surface area contributed by atoms with Crippen LogP contribution in [0, 0.1) is 6.92 Å². The van der Waals surface area contributed by atoms with Crippen LogP contribution in [0.4, 0.5) is 10.2 Å². The first-order chi connectivity index (χ1) is 19.3. The zero-order valence-corrected chi connectivity index (χ0v) is 22.2. The van der Waals surface area contributed by atoms with Gasteiger partial charge in [0.1, 0.15) is 36.1 Å². The highest BCUT2D eigenvalue weighted by Gasteiger charge is 2.40. The van der Waals surface area contributed by atoms with E-state index in [-0.39, 0.29) is 31.0 Å². The van der Waals surface area contributed by atoms with Crippen molar-refractivity contribution in [2.24, 2.45) is 0 Å². The average Bonchev–Trinajstić information content (AvgIpc) is 3.62. The summed E-state index contributed by atoms with van der Waals surface area (Å²) in [6.45, 7) is 2.77. The van der Waals surface area contributed by atoms with Gasteiger partial charge in [0.05, 0.1) is 12.1 Å². The Bertz CT molecular complexity index is 1630. The minimum Gasteiger partial charge on any atom is -0.326 e. The third-order valence-corrected chi connectivity index (χ3v) is 7.37. The third kappa shape index (κ3) is 5.06. The third-order valence-electron chi connectivity index (χ3n) is 7.37. The van der Waals surface area contributed by atoms with E-state index in [0.717, 1.165) is 29.7 Å². The minimum atomic E-state index is -1.33. The Hall–Kier alpha value is -4.54. The number of alkyl halides is 1. The van der Waals surface area contributed by atoms with Crippen LogP contribution in [0.2, 0.25) is 0 Å². The standard InChI is InChI=1S/C29H28FN7O3/c1-16(38)28-22-10-19(20-12-31-17(2)32-13-20)8-9-24(22)37(35-28)15-27(39)36-14-21(30)11-25(36)29(40)34-26-5-3-4-23(33-26)18-6-7-18/h3-5,8-10,12-13,18,21,25H,6-7,11,14-15H2,1-2H3,(H,33,34,40)/t21-,25+/m1/s1. The number of hydrogen-bond acceptors (Lipinski definition) is 7. The summed E-state index contributed by atoms with van der Waals surface area (Å²) in [6, 6.07) is 9.91. The van der Waals surface area contributed by atoms with E-state index in [2.05, 4.69) is 25.4 Å². The van der Waals surface area contributed by atoms with E-state index in [0.29, 0.717) is 28.5 Å². The number of aryl methyl sites for hydroxylation is 1. The molecule has 2 aliphatic rings. The number of nitrogens with zero attached hydrogens (tertiary/aromatic N) is 6. The van der Waals surface area contributed by atoms with E-state index >= 15 is 0 Å². The van der Waals surface area contributed by atoms with E-state index in [1.807, 2.05) is 24.3 Å². The average molecular weight is 542 g/mol. The fraction of sp³-hybridized carbons (Fsp3) is 0.345. The molecule has 2 atom stereocenters. The van der Waals surface area contributed by atoms with Crippen molar-refractivity contribution in [1.29, 1.82) is 0 Å². The second kappa shape index (κ2) is 10.2. The number of carbonyl (C=O) groups excluding carboxylic acids is 3. The van der Waals surface area contributed by atoms with Crippen LogP contribution in [-0.2, 0) is 16.1 Å². The normalized spacial score (nSPS) is 18.7. The molecule has 1 N–H and O–H groups in total. The molecular weight excluding hydrogens is 513 g/mol. The van der Waals surface area contributed by atoms with Gasteiger partial charge in [0.25, 0.3) is 0 Å². The highest BCUT2D eigenvalue weighted by molar-refractivity contribution is 6.06. The zero-order valence-electron chi connectivity index (χ0n) is 22.2. The number of nitrogens with one attached hydrogen (secondary N) is 1. The molecule has 1 saturated heterocycles. The summed E-state index contributed by atoms with van der Waals surface area (Å²) in [7, 11) is 0. The van der Waals surface area contributed by atoms with E-state index < -0.39 is 24.0 Å². The van der Waals surface area contributed by atoms with Crippen LogP contribution >= 0.6 is 0 Å². The fourth-order valence-electron chi connectivity index (χ4n) is 5.15. The van der Waals surface area contributed by atoms with Crippen LogP contribution in [0.3, 0.4) is 0 Å². The van der Waals surface area contributed by atoms with E-state index in [9.17, 15) is 18.8 Å². The second-order valence-electron chi connectivity index (χ2n) is 10.4. The molecule has 0 bridgehead atoms. The lowest BCUT2D eigenvalue weighted by atomic mass is 10.0. The largest absolute Gasteiger partial charge is 0.326 e. The van der Waals surface area contributed by atoms with Crippen molar-refractivity contribution in [3.05, 3.63) is 66.0 Å². The highest BCUT2D eigenvalue weighted by Crippen LogP contribution is 2.39. The Kier molecular flexibility index (Phi) is 6.57. The number of amides is 2. The molecule has 2 amide bonds. The van der Waals surface area contributed by atoms with Gasteiger partial charge < -0.3 is 10.2 Å². The molecule has 1 aliphatic heterocycles. The topological polar surface area (TPSA) is 123 Å². The number of halogens is 1. The van der Waals surface area contributed by atoms with E-state index in [1.54, 1.807) is 31.5 Å². The van der Waals surface area contributed by atoms with Crippen molar-refractivity contribution in [2.45, 2.75) is 57.8 Å². The van der Waals surface area contributed by atoms with Gasteiger partial charge >= 0.3 is 0 Å². The molecule has 6 rings (SSSR count). The van der Waals surface area contributed by atoms with Gasteiger partial charge in [0, 0.05) is 48.3 Å². The lowest BCUT2D eigenvalue weighted by Crippen LogP contribution is -2.44. The summed E-state index contributed by atoms with van der Waals surface area (Å²) in [5.74, 6) is 0.263. The fourth-order valence-corrected chi connectivity index (χ4v) is 5.15. The summed E-state index contributed by atoms with van der Waals surface area (Å²) < 4.78 is 16.0. The van der Waals surface area contributed by atoms with Gasteiger partial charge in [0.2, 0.25) is 11.8 Å². The molecule has 204 valence electrons. The van der Waals surface area contributed by atoms with Gasteiger partial charge in [-0.2, -0.15) is 5.10 Å². The number of hydrogen-bond donors (Lipinski definition) is 1. The molecule has 10 nitrogen and oxygen atoms in total. The summed E-state index contributed by atoms with van der Waals surface area (Å²) in [4.78, 5) is 53.2. The molecule has 0 radical (unpaired) electrons. The SMILES string of the molecule is CC(=O)c1nn(CC(=O)N2C[C@H](F)C[C@H]2C(=O)Nc2cccc(C3CC3)n2)c2ccc(-c3cnc(C)nc3)cc12. The minimum absolute atomic E-state index is 0.0968. The molecule has 0 spiro atoms. The molecule has 3 aromatic heterocycles. The second-order valence-corrected chi connectivity index (χ2v) is 10.4. The number of Topliss-reactive ketones (excluding diaryl/α,β-unsaturated/α-hetero) is 1. The maximum Gasteiger partial charge on any atom is 0.248 e. The molecular formula is C29H28FN7O3. The van der Waals surface area contributed by atoms with Gasteiger partial charge in [-0.25, -0.2) is 19.3 Å². The first kappa shape index (κ1) is 25.7. The van der Waals surface area contributed by atoms with Crippen LogP contribution in [0.25, 0.3) is 22.0 Å². The van der Waals surface area contributed by atoms with Crippen LogP contribution in [0.1, 0.15) is 54.1 Å². The molecule has 1 aromatic carbocycles. The zero-order chi connectivity index (χ0) is 28.0. The van der Waals surface area contributed by atoms with Gasteiger partial charge in [-0.1, -0.05) is 12.1 Å². The van der Waals surface area contributed by atoms with Gasteiger partial charge in [-0.3, -0.25) is 19.1 Å². The Morgan fingerprint density at radius 1 is 1.07 bits per heavy atom. The van der Waals surface area contributed by atoms with Gasteiger partial charge in [-0.15, -0.1) is 0 Å². The molecule has 4 aromatic rings. The highest BCUT2D eigenvalue weighted by atomic mass is 19.1.